The van der Waals surface area contributed by atoms with Gasteiger partial charge in [-0.1, -0.05) is 13.3 Å². The van der Waals surface area contributed by atoms with E-state index in [1.54, 1.807) is 0 Å². The van der Waals surface area contributed by atoms with Crippen molar-refractivity contribution in [2.24, 2.45) is 0 Å². The summed E-state index contributed by atoms with van der Waals surface area (Å²) in [7, 11) is 1.83. The Morgan fingerprint density at radius 2 is 2.33 bits per heavy atom. The fourth-order valence-corrected chi connectivity index (χ4v) is 3.05. The average Bonchev–Trinajstić information content (AvgIpc) is 2.44. The van der Waals surface area contributed by atoms with E-state index in [0.717, 1.165) is 25.3 Å². The normalized spacial score (nSPS) is 22.5. The van der Waals surface area contributed by atoms with E-state index >= 15 is 0 Å². The number of rotatable bonds is 4. The third kappa shape index (κ3) is 4.43. The van der Waals surface area contributed by atoms with Crippen LogP contribution in [0.2, 0.25) is 0 Å². The lowest BCUT2D eigenvalue weighted by Crippen LogP contribution is -2.40. The molecule has 15 heavy (non-hydrogen) atoms. The van der Waals surface area contributed by atoms with E-state index in [1.807, 2.05) is 23.7 Å². The third-order valence-corrected chi connectivity index (χ3v) is 3.90. The number of carbonyl (C=O) groups is 1. The zero-order chi connectivity index (χ0) is 11.1. The molecular formula is C11H22N2OS. The second-order valence-corrected chi connectivity index (χ2v) is 5.52. The van der Waals surface area contributed by atoms with Gasteiger partial charge in [0.2, 0.25) is 5.91 Å². The van der Waals surface area contributed by atoms with Crippen LogP contribution in [0.25, 0.3) is 0 Å². The topological polar surface area (TPSA) is 32.3 Å². The van der Waals surface area contributed by atoms with Crippen LogP contribution in [0, 0.1) is 0 Å². The second kappa shape index (κ2) is 7.12. The first-order chi connectivity index (χ1) is 7.27. The van der Waals surface area contributed by atoms with E-state index in [4.69, 9.17) is 0 Å². The van der Waals surface area contributed by atoms with Gasteiger partial charge >= 0.3 is 0 Å². The van der Waals surface area contributed by atoms with Crippen molar-refractivity contribution in [1.82, 2.24) is 10.2 Å². The summed E-state index contributed by atoms with van der Waals surface area (Å²) in [6, 6.07) is 0. The van der Waals surface area contributed by atoms with Crippen molar-refractivity contribution >= 4 is 17.7 Å². The maximum absolute atomic E-state index is 11.8. The Morgan fingerprint density at radius 3 is 3.00 bits per heavy atom. The number of nitrogens with zero attached hydrogens (tertiary/aromatic N) is 1. The van der Waals surface area contributed by atoms with Crippen LogP contribution in [0.3, 0.4) is 0 Å². The Kier molecular flexibility index (Phi) is 6.10. The Hall–Kier alpha value is -0.220. The van der Waals surface area contributed by atoms with Crippen LogP contribution in [0.15, 0.2) is 0 Å². The van der Waals surface area contributed by atoms with Crippen LogP contribution < -0.4 is 5.32 Å². The molecular weight excluding hydrogens is 208 g/mol. The number of nitrogens with one attached hydrogen (secondary N) is 1. The fourth-order valence-electron chi connectivity index (χ4n) is 1.96. The van der Waals surface area contributed by atoms with Gasteiger partial charge in [0, 0.05) is 18.3 Å². The summed E-state index contributed by atoms with van der Waals surface area (Å²) in [6.45, 7) is 4.55. The summed E-state index contributed by atoms with van der Waals surface area (Å²) in [4.78, 5) is 13.8. The molecule has 1 N–H and O–H groups in total. The van der Waals surface area contributed by atoms with Gasteiger partial charge in [0.25, 0.3) is 0 Å². The van der Waals surface area contributed by atoms with Crippen LogP contribution in [0.5, 0.6) is 0 Å². The molecule has 3 nitrogen and oxygen atoms in total. The number of amides is 1. The molecule has 1 aliphatic rings. The van der Waals surface area contributed by atoms with Crippen LogP contribution >= 0.6 is 11.8 Å². The van der Waals surface area contributed by atoms with Gasteiger partial charge in [-0.25, -0.2) is 0 Å². The summed E-state index contributed by atoms with van der Waals surface area (Å²) < 4.78 is 0. The van der Waals surface area contributed by atoms with Crippen molar-refractivity contribution in [2.45, 2.75) is 31.4 Å². The van der Waals surface area contributed by atoms with Crippen LogP contribution in [0.4, 0.5) is 0 Å². The molecule has 1 atom stereocenters. The lowest BCUT2D eigenvalue weighted by Gasteiger charge is -2.24. The lowest BCUT2D eigenvalue weighted by atomic mass is 10.2. The molecule has 0 spiro atoms. The standard InChI is InChI=1S/C11H22N2OS/c1-3-15-10-6-4-5-7-13(9-10)11(14)8-12-2/h10,12H,3-9H2,1-2H3. The molecule has 0 radical (unpaired) electrons. The summed E-state index contributed by atoms with van der Waals surface area (Å²) >= 11 is 1.99. The van der Waals surface area contributed by atoms with Crippen LogP contribution in [-0.4, -0.2) is 48.5 Å². The maximum Gasteiger partial charge on any atom is 0.236 e. The number of hydrogen-bond acceptors (Lipinski definition) is 3. The molecule has 0 bridgehead atoms. The van der Waals surface area contributed by atoms with E-state index in [2.05, 4.69) is 12.2 Å². The van der Waals surface area contributed by atoms with Gasteiger partial charge in [-0.2, -0.15) is 11.8 Å². The van der Waals surface area contributed by atoms with Crippen molar-refractivity contribution in [2.75, 3.05) is 32.4 Å². The minimum absolute atomic E-state index is 0.251. The first-order valence-electron chi connectivity index (χ1n) is 5.82. The zero-order valence-corrected chi connectivity index (χ0v) is 10.6. The van der Waals surface area contributed by atoms with Gasteiger partial charge in [0.1, 0.15) is 0 Å². The average molecular weight is 230 g/mol. The van der Waals surface area contributed by atoms with E-state index < -0.39 is 0 Å². The summed E-state index contributed by atoms with van der Waals surface area (Å²) in [5, 5.41) is 3.59. The summed E-state index contributed by atoms with van der Waals surface area (Å²) in [5.74, 6) is 1.40. The Balaban J connectivity index is 2.44. The minimum atomic E-state index is 0.251. The minimum Gasteiger partial charge on any atom is -0.340 e. The summed E-state index contributed by atoms with van der Waals surface area (Å²) in [5.41, 5.74) is 0. The first-order valence-corrected chi connectivity index (χ1v) is 6.86. The molecule has 1 amide bonds. The van der Waals surface area contributed by atoms with Gasteiger partial charge in [0.15, 0.2) is 0 Å². The van der Waals surface area contributed by atoms with Crippen LogP contribution in [-0.2, 0) is 4.79 Å². The fraction of sp³-hybridized carbons (Fsp3) is 0.909. The van der Waals surface area contributed by atoms with E-state index in [9.17, 15) is 4.79 Å². The predicted molar refractivity (Wildman–Crippen MR) is 66.3 cm³/mol. The number of likely N-dealkylation sites (tertiary alicyclic amines) is 1. The highest BCUT2D eigenvalue weighted by atomic mass is 32.2. The monoisotopic (exact) mass is 230 g/mol. The van der Waals surface area contributed by atoms with Crippen LogP contribution in [0.1, 0.15) is 26.2 Å². The smallest absolute Gasteiger partial charge is 0.236 e. The molecule has 1 rings (SSSR count). The highest BCUT2D eigenvalue weighted by molar-refractivity contribution is 7.99. The third-order valence-electron chi connectivity index (χ3n) is 2.71. The SMILES string of the molecule is CCSC1CCCCN(C(=O)CNC)C1. The molecule has 0 aromatic heterocycles. The number of carbonyl (C=O) groups excluding carboxylic acids is 1. The van der Waals surface area contributed by atoms with E-state index in [1.165, 1.54) is 12.8 Å². The molecule has 1 heterocycles. The number of hydrogen-bond donors (Lipinski definition) is 1. The predicted octanol–water partition coefficient (Wildman–Crippen LogP) is 1.34. The molecule has 0 saturated carbocycles. The van der Waals surface area contributed by atoms with Gasteiger partial charge < -0.3 is 10.2 Å². The maximum atomic E-state index is 11.8. The quantitative estimate of drug-likeness (QED) is 0.791. The lowest BCUT2D eigenvalue weighted by molar-refractivity contribution is -0.130. The second-order valence-electron chi connectivity index (χ2n) is 3.94. The molecule has 4 heteroatoms. The molecule has 1 unspecified atom stereocenters. The van der Waals surface area contributed by atoms with Crippen molar-refractivity contribution in [1.29, 1.82) is 0 Å². The molecule has 0 aromatic rings. The van der Waals surface area contributed by atoms with Gasteiger partial charge in [0.05, 0.1) is 6.54 Å². The molecule has 0 aliphatic carbocycles. The molecule has 88 valence electrons. The van der Waals surface area contributed by atoms with Crippen molar-refractivity contribution in [3.63, 3.8) is 0 Å². The van der Waals surface area contributed by atoms with Gasteiger partial charge in [-0.15, -0.1) is 0 Å². The molecule has 1 fully saturated rings. The highest BCUT2D eigenvalue weighted by Gasteiger charge is 2.21. The first kappa shape index (κ1) is 12.8. The molecule has 1 aliphatic heterocycles. The van der Waals surface area contributed by atoms with Crippen molar-refractivity contribution < 1.29 is 4.79 Å². The summed E-state index contributed by atoms with van der Waals surface area (Å²) in [6.07, 6.45) is 3.69. The number of likely N-dealkylation sites (N-methyl/N-ethyl adjacent to an activating group) is 1. The molecule has 1 saturated heterocycles. The number of thioether (sulfide) groups is 1. The Morgan fingerprint density at radius 1 is 1.53 bits per heavy atom. The van der Waals surface area contributed by atoms with Crippen molar-refractivity contribution in [3.05, 3.63) is 0 Å². The highest BCUT2D eigenvalue weighted by Crippen LogP contribution is 2.21. The Bertz CT molecular complexity index is 199. The van der Waals surface area contributed by atoms with Crippen molar-refractivity contribution in [3.8, 4) is 0 Å². The zero-order valence-electron chi connectivity index (χ0n) is 9.79. The molecule has 0 aromatic carbocycles. The largest absolute Gasteiger partial charge is 0.340 e. The van der Waals surface area contributed by atoms with Gasteiger partial charge in [-0.3, -0.25) is 4.79 Å². The van der Waals surface area contributed by atoms with E-state index in [0.29, 0.717) is 11.8 Å². The Labute approximate surface area is 97.0 Å². The van der Waals surface area contributed by atoms with E-state index in [-0.39, 0.29) is 5.91 Å². The van der Waals surface area contributed by atoms with Gasteiger partial charge in [-0.05, 0) is 25.6 Å².